The van der Waals surface area contributed by atoms with E-state index in [1.165, 1.54) is 0 Å². The molecule has 0 radical (unpaired) electrons. The Morgan fingerprint density at radius 3 is 2.69 bits per heavy atom. The lowest BCUT2D eigenvalue weighted by Gasteiger charge is -2.08. The molecule has 1 amide bonds. The van der Waals surface area contributed by atoms with Crippen LogP contribution in [0.15, 0.2) is 48.8 Å². The van der Waals surface area contributed by atoms with Crippen molar-refractivity contribution < 1.29 is 14.7 Å². The quantitative estimate of drug-likeness (QED) is 0.350. The average Bonchev–Trinajstić information content (AvgIpc) is 3.08. The molecule has 0 aliphatic rings. The number of methoxy groups -OCH3 is 1. The summed E-state index contributed by atoms with van der Waals surface area (Å²) < 4.78 is 6.90. The van der Waals surface area contributed by atoms with Crippen LogP contribution in [0.25, 0.3) is 17.0 Å². The normalized spacial score (nSPS) is 10.7. The molecule has 1 aromatic carbocycles. The van der Waals surface area contributed by atoms with Crippen LogP contribution in [0.1, 0.15) is 16.1 Å². The van der Waals surface area contributed by atoms with Gasteiger partial charge in [0.1, 0.15) is 11.4 Å². The summed E-state index contributed by atoms with van der Waals surface area (Å²) in [6, 6.07) is 10.1. The fourth-order valence-electron chi connectivity index (χ4n) is 2.88. The van der Waals surface area contributed by atoms with E-state index < -0.39 is 5.91 Å². The van der Waals surface area contributed by atoms with E-state index in [1.54, 1.807) is 65.9 Å². The van der Waals surface area contributed by atoms with Gasteiger partial charge in [0.15, 0.2) is 5.65 Å². The fourth-order valence-corrected chi connectivity index (χ4v) is 2.88. The van der Waals surface area contributed by atoms with Crippen LogP contribution >= 0.6 is 0 Å². The molecule has 4 aromatic rings. The largest absolute Gasteiger partial charge is 0.495 e. The Morgan fingerprint density at radius 1 is 1.17 bits per heavy atom. The second-order valence-electron chi connectivity index (χ2n) is 6.12. The predicted molar refractivity (Wildman–Crippen MR) is 104 cm³/mol. The summed E-state index contributed by atoms with van der Waals surface area (Å²) in [5.41, 5.74) is 5.45. The summed E-state index contributed by atoms with van der Waals surface area (Å²) >= 11 is 0. The molecule has 0 unspecified atom stereocenters. The van der Waals surface area contributed by atoms with E-state index in [0.29, 0.717) is 34.3 Å². The van der Waals surface area contributed by atoms with Crippen molar-refractivity contribution in [3.63, 3.8) is 0 Å². The maximum atomic E-state index is 11.4. The highest BCUT2D eigenvalue weighted by Crippen LogP contribution is 2.25. The van der Waals surface area contributed by atoms with Crippen LogP contribution < -0.4 is 15.5 Å². The molecule has 10 heteroatoms. The van der Waals surface area contributed by atoms with Gasteiger partial charge < -0.3 is 10.1 Å². The van der Waals surface area contributed by atoms with Gasteiger partial charge in [0, 0.05) is 23.5 Å². The van der Waals surface area contributed by atoms with Crippen molar-refractivity contribution in [2.24, 2.45) is 0 Å². The number of carbonyl (C=O) groups is 1. The van der Waals surface area contributed by atoms with Crippen molar-refractivity contribution in [3.8, 4) is 17.1 Å². The molecule has 0 saturated heterocycles. The summed E-state index contributed by atoms with van der Waals surface area (Å²) in [5.74, 6) is 0.421. The molecular weight excluding hydrogens is 374 g/mol. The zero-order valence-electron chi connectivity index (χ0n) is 15.6. The van der Waals surface area contributed by atoms with Gasteiger partial charge in [0.05, 0.1) is 24.7 Å². The van der Waals surface area contributed by atoms with Crippen LogP contribution in [0.2, 0.25) is 0 Å². The Bertz CT molecular complexity index is 1190. The van der Waals surface area contributed by atoms with Gasteiger partial charge in [-0.15, -0.1) is 0 Å². The summed E-state index contributed by atoms with van der Waals surface area (Å²) in [7, 11) is 1.58. The van der Waals surface area contributed by atoms with Gasteiger partial charge in [-0.25, -0.2) is 24.9 Å². The fraction of sp³-hybridized carbons (Fsp3) is 0.105. The minimum Gasteiger partial charge on any atom is -0.495 e. The molecule has 0 bridgehead atoms. The molecule has 0 spiro atoms. The van der Waals surface area contributed by atoms with Crippen LogP contribution in [0.5, 0.6) is 5.75 Å². The Balaban J connectivity index is 1.65. The lowest BCUT2D eigenvalue weighted by atomic mass is 10.2. The first-order valence-corrected chi connectivity index (χ1v) is 8.63. The Hall–Kier alpha value is -4.05. The molecule has 0 aliphatic heterocycles. The molecule has 4 rings (SSSR count). The Labute approximate surface area is 165 Å². The molecule has 3 aromatic heterocycles. The van der Waals surface area contributed by atoms with Gasteiger partial charge in [-0.3, -0.25) is 10.0 Å². The van der Waals surface area contributed by atoms with Gasteiger partial charge in [0.25, 0.3) is 5.91 Å². The highest BCUT2D eigenvalue weighted by atomic mass is 16.5. The predicted octanol–water partition coefficient (Wildman–Crippen LogP) is 2.37. The third-order valence-electron chi connectivity index (χ3n) is 4.26. The number of aryl methyl sites for hydroxylation is 1. The van der Waals surface area contributed by atoms with Gasteiger partial charge >= 0.3 is 0 Å². The maximum absolute atomic E-state index is 11.4. The number of amides is 1. The Kier molecular flexibility index (Phi) is 4.75. The van der Waals surface area contributed by atoms with Crippen LogP contribution in [0.3, 0.4) is 0 Å². The van der Waals surface area contributed by atoms with Crippen LogP contribution in [-0.2, 0) is 0 Å². The first kappa shape index (κ1) is 18.3. The van der Waals surface area contributed by atoms with Gasteiger partial charge in [-0.05, 0) is 37.3 Å². The number of ether oxygens (including phenoxy) is 1. The topological polar surface area (TPSA) is 127 Å². The molecule has 3 heterocycles. The standard InChI is InChI=1S/C19H17N7O3/c1-11-17(26-16(22-11)9-14(29-2)10-21-26)15-7-8-20-19(24-15)23-13-5-3-12(4-6-13)18(27)25-28/h3-10,28H,1-2H3,(H,25,27)(H,20,23,24). The third-order valence-corrected chi connectivity index (χ3v) is 4.26. The second kappa shape index (κ2) is 7.52. The SMILES string of the molecule is COc1cnn2c(-c3ccnc(Nc4ccc(C(=O)NO)cc4)n3)c(C)nc2c1. The van der Waals surface area contributed by atoms with E-state index >= 15 is 0 Å². The van der Waals surface area contributed by atoms with Crippen LogP contribution in [0, 0.1) is 6.92 Å². The van der Waals surface area contributed by atoms with E-state index in [-0.39, 0.29) is 0 Å². The van der Waals surface area contributed by atoms with Crippen molar-refractivity contribution in [2.75, 3.05) is 12.4 Å². The molecule has 0 atom stereocenters. The van der Waals surface area contributed by atoms with E-state index in [4.69, 9.17) is 9.94 Å². The number of hydroxylamine groups is 1. The Morgan fingerprint density at radius 2 is 1.97 bits per heavy atom. The zero-order chi connectivity index (χ0) is 20.4. The molecule has 3 N–H and O–H groups in total. The van der Waals surface area contributed by atoms with E-state index in [9.17, 15) is 4.79 Å². The summed E-state index contributed by atoms with van der Waals surface area (Å²) in [6.07, 6.45) is 3.25. The lowest BCUT2D eigenvalue weighted by Crippen LogP contribution is -2.18. The van der Waals surface area contributed by atoms with E-state index in [0.717, 1.165) is 11.4 Å². The highest BCUT2D eigenvalue weighted by molar-refractivity contribution is 5.93. The van der Waals surface area contributed by atoms with Crippen molar-refractivity contribution in [1.29, 1.82) is 0 Å². The first-order valence-electron chi connectivity index (χ1n) is 8.63. The van der Waals surface area contributed by atoms with Crippen molar-refractivity contribution in [3.05, 3.63) is 60.0 Å². The number of hydrogen-bond acceptors (Lipinski definition) is 8. The lowest BCUT2D eigenvalue weighted by molar-refractivity contribution is 0.0706. The van der Waals surface area contributed by atoms with E-state index in [1.807, 2.05) is 6.92 Å². The highest BCUT2D eigenvalue weighted by Gasteiger charge is 2.15. The monoisotopic (exact) mass is 391 g/mol. The number of hydrogen-bond donors (Lipinski definition) is 3. The number of nitrogens with zero attached hydrogens (tertiary/aromatic N) is 5. The molecule has 10 nitrogen and oxygen atoms in total. The average molecular weight is 391 g/mol. The number of aromatic nitrogens is 5. The number of anilines is 2. The van der Waals surface area contributed by atoms with Crippen LogP contribution in [-0.4, -0.2) is 42.8 Å². The zero-order valence-corrected chi connectivity index (χ0v) is 15.6. The molecule has 29 heavy (non-hydrogen) atoms. The molecule has 0 fully saturated rings. The van der Waals surface area contributed by atoms with E-state index in [2.05, 4.69) is 25.4 Å². The smallest absolute Gasteiger partial charge is 0.274 e. The van der Waals surface area contributed by atoms with Crippen LogP contribution in [0.4, 0.5) is 11.6 Å². The molecule has 0 saturated carbocycles. The summed E-state index contributed by atoms with van der Waals surface area (Å²) in [5, 5.41) is 16.2. The first-order chi connectivity index (χ1) is 14.1. The number of rotatable bonds is 5. The molecule has 146 valence electrons. The molecule has 0 aliphatic carbocycles. The van der Waals surface area contributed by atoms with Crippen molar-refractivity contribution >= 4 is 23.2 Å². The number of benzene rings is 1. The van der Waals surface area contributed by atoms with Gasteiger partial charge in [0.2, 0.25) is 5.95 Å². The summed E-state index contributed by atoms with van der Waals surface area (Å²) in [6.45, 7) is 1.89. The number of nitrogens with one attached hydrogen (secondary N) is 2. The van der Waals surface area contributed by atoms with Gasteiger partial charge in [-0.2, -0.15) is 5.10 Å². The number of carbonyl (C=O) groups excluding carboxylic acids is 1. The third kappa shape index (κ3) is 3.56. The minimum atomic E-state index is -0.581. The molecular formula is C19H17N7O3. The second-order valence-corrected chi connectivity index (χ2v) is 6.12. The van der Waals surface area contributed by atoms with Crippen molar-refractivity contribution in [2.45, 2.75) is 6.92 Å². The maximum Gasteiger partial charge on any atom is 0.274 e. The summed E-state index contributed by atoms with van der Waals surface area (Å²) in [4.78, 5) is 24.7. The van der Waals surface area contributed by atoms with Gasteiger partial charge in [-0.1, -0.05) is 0 Å². The number of fused-ring (bicyclic) bond motifs is 1. The minimum absolute atomic E-state index is 0.329. The van der Waals surface area contributed by atoms with Crippen molar-refractivity contribution in [1.82, 2.24) is 30.0 Å². The number of imidazole rings is 1.